The number of aromatic carboxylic acids is 7. The number of nitrogens with two attached hydrogens (primary N) is 1. The first kappa shape index (κ1) is 126. The minimum absolute atomic E-state index is 0.000648. The largest absolute Gasteiger partial charge is 0.478 e. The van der Waals surface area contributed by atoms with Gasteiger partial charge in [0.05, 0.1) is 62.4 Å². The molecule has 0 radical (unpaired) electrons. The van der Waals surface area contributed by atoms with Crippen LogP contribution in [0.25, 0.3) is 0 Å². The molecule has 143 heavy (non-hydrogen) atoms. The number of nitrogens with zero attached hydrogens (tertiary/aromatic N) is 5. The van der Waals surface area contributed by atoms with Crippen LogP contribution in [0, 0.1) is 40.7 Å². The van der Waals surface area contributed by atoms with Crippen LogP contribution in [0.15, 0.2) is 228 Å². The number of benzene rings is 9. The van der Waals surface area contributed by atoms with Crippen LogP contribution in [0.2, 0.25) is 5.02 Å². The van der Waals surface area contributed by atoms with Gasteiger partial charge in [-0.2, -0.15) is 14.7 Å². The van der Waals surface area contributed by atoms with Gasteiger partial charge in [-0.15, -0.1) is 5.10 Å². The summed E-state index contributed by atoms with van der Waals surface area (Å²) in [5.74, 6) is -9.24. The number of hydrogen-bond acceptors (Lipinski definition) is 17. The number of carbonyl (C=O) groups is 9. The van der Waals surface area contributed by atoms with E-state index in [0.29, 0.717) is 69.7 Å². The van der Waals surface area contributed by atoms with Crippen molar-refractivity contribution in [2.45, 2.75) is 217 Å². The molecule has 1 aliphatic heterocycles. The molecule has 0 unspecified atom stereocenters. The summed E-state index contributed by atoms with van der Waals surface area (Å²) in [5, 5.41) is 72.1. The second-order valence-electron chi connectivity index (χ2n) is 35.0. The Bertz CT molecular complexity index is 6010. The molecule has 3 heterocycles. The van der Waals surface area contributed by atoms with E-state index < -0.39 is 82.7 Å². The molecule has 0 saturated carbocycles. The average molecular weight is 2000 g/mol. The molecule has 0 aliphatic carbocycles. The minimum Gasteiger partial charge on any atom is -0.478 e. The monoisotopic (exact) mass is 2000 g/mol. The lowest BCUT2D eigenvalue weighted by molar-refractivity contribution is -0.191. The van der Waals surface area contributed by atoms with Gasteiger partial charge >= 0.3 is 53.9 Å². The molecular weight excluding hydrogens is 1880 g/mol. The van der Waals surface area contributed by atoms with Gasteiger partial charge in [-0.05, 0) is 253 Å². The van der Waals surface area contributed by atoms with Gasteiger partial charge < -0.3 is 46.2 Å². The lowest BCUT2D eigenvalue weighted by atomic mass is 9.97. The first-order valence-corrected chi connectivity index (χ1v) is 45.4. The van der Waals surface area contributed by atoms with Crippen LogP contribution in [0.5, 0.6) is 0 Å². The molecule has 766 valence electrons. The smallest absolute Gasteiger partial charge is 0.373 e. The van der Waals surface area contributed by atoms with Crippen LogP contribution in [-0.2, 0) is 14.3 Å². The molecule has 11 aromatic rings. The Hall–Kier alpha value is -15.0. The van der Waals surface area contributed by atoms with Gasteiger partial charge in [0.1, 0.15) is 53.0 Å². The second-order valence-corrected chi connectivity index (χ2v) is 35.4. The zero-order valence-electron chi connectivity index (χ0n) is 84.1. The van der Waals surface area contributed by atoms with Crippen LogP contribution >= 0.6 is 11.6 Å². The third kappa shape index (κ3) is 45.0. The van der Waals surface area contributed by atoms with E-state index in [9.17, 15) is 73.9 Å². The molecule has 9 aromatic carbocycles. The molecule has 33 heteroatoms. The summed E-state index contributed by atoms with van der Waals surface area (Å²) in [4.78, 5) is 120. The molecule has 0 atom stereocenters. The van der Waals surface area contributed by atoms with Gasteiger partial charge in [0.15, 0.2) is 0 Å². The maximum Gasteiger partial charge on any atom is 0.373 e. The molecule has 0 fully saturated rings. The van der Waals surface area contributed by atoms with Crippen molar-refractivity contribution in [2.24, 2.45) is 21.2 Å². The van der Waals surface area contributed by atoms with E-state index in [1.165, 1.54) is 104 Å². The molecule has 0 spiro atoms. The lowest BCUT2D eigenvalue weighted by Crippen LogP contribution is -2.13. The van der Waals surface area contributed by atoms with Gasteiger partial charge in [0.2, 0.25) is 0 Å². The van der Waals surface area contributed by atoms with Gasteiger partial charge in [-0.3, -0.25) is 9.78 Å². The van der Waals surface area contributed by atoms with Crippen LogP contribution in [0.1, 0.15) is 378 Å². The van der Waals surface area contributed by atoms with Crippen molar-refractivity contribution in [3.8, 4) is 0 Å². The number of carboxylic acids is 7. The lowest BCUT2D eigenvalue weighted by Gasteiger charge is -2.08. The van der Waals surface area contributed by atoms with Crippen molar-refractivity contribution in [1.29, 1.82) is 0 Å². The third-order valence-electron chi connectivity index (χ3n) is 20.5. The van der Waals surface area contributed by atoms with E-state index in [0.717, 1.165) is 45.5 Å². The summed E-state index contributed by atoms with van der Waals surface area (Å²) in [5.41, 5.74) is 16.1. The molecule has 0 bridgehead atoms. The first-order chi connectivity index (χ1) is 66.8. The van der Waals surface area contributed by atoms with Gasteiger partial charge in [-0.1, -0.05) is 237 Å². The summed E-state index contributed by atoms with van der Waals surface area (Å²) in [6.45, 7) is 43.7. The van der Waals surface area contributed by atoms with E-state index in [2.05, 4.69) is 82.1 Å². The molecule has 12 rings (SSSR count). The van der Waals surface area contributed by atoms with Crippen molar-refractivity contribution in [1.82, 2.24) is 9.97 Å². The Morgan fingerprint density at radius 3 is 1.22 bits per heavy atom. The molecule has 25 nitrogen and oxygen atoms in total. The Morgan fingerprint density at radius 1 is 0.350 bits per heavy atom. The maximum absolute atomic E-state index is 13.5. The Morgan fingerprint density at radius 2 is 0.790 bits per heavy atom. The number of carbonyl (C=O) groups excluding carboxylic acids is 4. The summed E-state index contributed by atoms with van der Waals surface area (Å²) in [6.07, 6.45) is 4.82. The zero-order valence-corrected chi connectivity index (χ0v) is 84.9. The topological polar surface area (TPSA) is 427 Å². The zero-order chi connectivity index (χ0) is 109. The van der Waals surface area contributed by atoms with Gasteiger partial charge in [0, 0.05) is 24.2 Å². The SMILES string of the molecule is CC(C)c1cc(C(=O)O)ccc1F.CC(C)c1cc(F)cc(C(=O)O)c1.CC(C)c1ccc(Cl)c(C(=O)O)c1.CC(C)c1ccc(F)c(C(N)=O)c1.CC(C)c1ccc(F)c(C2=NN=NC2)c1.CC(C)c1ccc(F)cc1C(=O)O.CC(C)c1cccc(C(=O)O)c1F.CC(C)c1ccccc1.CC(C)c1ccnc(C(=O)O)c1.CC(C)c1cncc(C(=O)O)c1.COC(=O)c1cc(C(C)C)ccc1F.O=C=O. The average Bonchev–Trinajstić information content (AvgIpc) is 1.81. The third-order valence-corrected chi connectivity index (χ3v) is 20.9. The van der Waals surface area contributed by atoms with E-state index >= 15 is 0 Å². The molecule has 9 N–H and O–H groups in total. The van der Waals surface area contributed by atoms with Gasteiger partial charge in [-0.25, -0.2) is 74.1 Å². The first-order valence-electron chi connectivity index (χ1n) is 45.1. The fourth-order valence-corrected chi connectivity index (χ4v) is 12.2. The summed E-state index contributed by atoms with van der Waals surface area (Å²) in [7, 11) is 1.24. The van der Waals surface area contributed by atoms with Crippen molar-refractivity contribution < 1.29 is 124 Å². The molecule has 1 amide bonds. The van der Waals surface area contributed by atoms with Crippen LogP contribution in [0.3, 0.4) is 0 Å². The number of hydrogen-bond donors (Lipinski definition) is 8. The number of ether oxygens (including phenoxy) is 1. The van der Waals surface area contributed by atoms with E-state index in [1.54, 1.807) is 60.8 Å². The summed E-state index contributed by atoms with van der Waals surface area (Å²) >= 11 is 5.72. The Kier molecular flexibility index (Phi) is 56.0. The number of methoxy groups -OCH3 is 1. The predicted molar refractivity (Wildman–Crippen MR) is 536 cm³/mol. The molecule has 2 aromatic heterocycles. The Balaban J connectivity index is 0.000000785. The molecule has 1 aliphatic rings. The number of amides is 1. The van der Waals surface area contributed by atoms with Crippen molar-refractivity contribution >= 4 is 77.1 Å². The highest BCUT2D eigenvalue weighted by Crippen LogP contribution is 2.29. The van der Waals surface area contributed by atoms with E-state index in [4.69, 9.17) is 62.7 Å². The minimum atomic E-state index is -1.22. The highest BCUT2D eigenvalue weighted by molar-refractivity contribution is 6.33. The number of carboxylic acid groups (broad SMARTS) is 7. The maximum atomic E-state index is 13.5. The normalized spacial score (nSPS) is 10.7. The van der Waals surface area contributed by atoms with Crippen molar-refractivity contribution in [2.75, 3.05) is 13.7 Å². The van der Waals surface area contributed by atoms with E-state index in [-0.39, 0.29) is 109 Å². The van der Waals surface area contributed by atoms with Crippen LogP contribution in [0.4, 0.5) is 30.7 Å². The summed E-state index contributed by atoms with van der Waals surface area (Å²) in [6, 6.07) is 50.7. The number of aromatic nitrogens is 2. The predicted octanol–water partition coefficient (Wildman–Crippen LogP) is 27.7. The molecular formula is C110H126ClF7N6O19. The highest BCUT2D eigenvalue weighted by Gasteiger charge is 2.21. The second kappa shape index (κ2) is 63.6. The number of rotatable bonds is 21. The van der Waals surface area contributed by atoms with Crippen molar-refractivity contribution in [3.05, 3.63) is 375 Å². The fraction of sp³-hybridized carbons (Fsp3) is 0.318. The van der Waals surface area contributed by atoms with Crippen LogP contribution < -0.4 is 5.73 Å². The number of primary amides is 1. The number of pyridine rings is 2. The summed E-state index contributed by atoms with van der Waals surface area (Å²) < 4.78 is 96.2. The number of halogens is 8. The Labute approximate surface area is 834 Å². The quantitative estimate of drug-likeness (QED) is 0.0245. The highest BCUT2D eigenvalue weighted by atomic mass is 35.5. The standard InChI is InChI=1S/C11H12FN3.C11H13FO2.C10H11ClO2.C10H12FNO.4C10H11FO2.2C9H11NO2.C9H12.CO2/c1-7(2)8-3-4-10(12)9(5-8)11-6-13-15-14-11;1-7(2)8-4-5-10(12)9(6-8)11(13)14-3;2*1-6(2)7-3-4-9(11)8(5-7)10(12)13;1-6(2)7-3-8(10(12)13)5-9(11)4-7;1-6(2)8-5-7(10(12)13)3-4-9(8)11;1-6(2)8-4-3-7(11)5-9(8)10(12)13;1-6(2)7-4-3-5-8(9(7)11)10(12)13;1-6(2)7-3-8(9(11)12)5-10-4-7;1-6(2)7-3-4-10-8(5-7)9(11)12;1-8(2)9-6-4-3-5-7-9;2-1-3/h3-5,7H,6H2,1-2H3;4-7H,1-3H3;3-6H,1-2H3,(H,12,13);3-6H,1-2H3,(H2,12,13);4*3-6H,1-2H3,(H,12,13);2*3-6H,1-2H3,(H,11,12);3-8H,1-2H3;. The van der Waals surface area contributed by atoms with Crippen LogP contribution in [-0.4, -0.2) is 125 Å². The van der Waals surface area contributed by atoms with Crippen molar-refractivity contribution in [3.63, 3.8) is 0 Å². The number of esters is 1. The van der Waals surface area contributed by atoms with E-state index in [1.807, 2.05) is 149 Å². The fourth-order valence-electron chi connectivity index (χ4n) is 12.0. The molecule has 0 saturated heterocycles. The van der Waals surface area contributed by atoms with Gasteiger partial charge in [0.25, 0.3) is 5.91 Å².